The largest absolute Gasteiger partial charge is 0.398 e. The molecule has 4 N–H and O–H groups in total. The summed E-state index contributed by atoms with van der Waals surface area (Å²) in [6, 6.07) is 16.0. The number of nitrogens with two attached hydrogens (primary N) is 1. The number of carbonyl (C=O) groups is 1. The number of hydrogen-bond acceptors (Lipinski definition) is 8. The maximum Gasteiger partial charge on any atom is 0.283 e. The first-order valence-corrected chi connectivity index (χ1v) is 11.4. The Morgan fingerprint density at radius 2 is 1.97 bits per heavy atom. The molecule has 0 spiro atoms. The van der Waals surface area contributed by atoms with Crippen LogP contribution in [0.5, 0.6) is 0 Å². The van der Waals surface area contributed by atoms with Crippen molar-refractivity contribution in [3.05, 3.63) is 92.0 Å². The second-order valence-corrected chi connectivity index (χ2v) is 8.82. The molecule has 13 heteroatoms. The normalized spacial score (nSPS) is 11.0. The summed E-state index contributed by atoms with van der Waals surface area (Å²) in [6.45, 7) is 0. The highest BCUT2D eigenvalue weighted by Crippen LogP contribution is 2.35. The van der Waals surface area contributed by atoms with Crippen LogP contribution >= 0.6 is 35.0 Å². The van der Waals surface area contributed by atoms with Crippen LogP contribution in [0.15, 0.2) is 75.8 Å². The molecule has 0 aliphatic carbocycles. The Morgan fingerprint density at radius 1 is 1.17 bits per heavy atom. The van der Waals surface area contributed by atoms with E-state index in [-0.39, 0.29) is 16.4 Å². The monoisotopic (exact) mass is 527 g/mol. The summed E-state index contributed by atoms with van der Waals surface area (Å²) in [4.78, 5) is 28.0. The van der Waals surface area contributed by atoms with Crippen molar-refractivity contribution in [1.29, 1.82) is 0 Å². The molecule has 35 heavy (non-hydrogen) atoms. The van der Waals surface area contributed by atoms with Crippen LogP contribution < -0.4 is 11.2 Å². The highest BCUT2D eigenvalue weighted by atomic mass is 35.5. The van der Waals surface area contributed by atoms with E-state index in [0.29, 0.717) is 37.6 Å². The van der Waals surface area contributed by atoms with Crippen LogP contribution in [0.1, 0.15) is 15.9 Å². The minimum atomic E-state index is -0.521. The number of nitro benzene ring substituents is 1. The number of anilines is 1. The van der Waals surface area contributed by atoms with E-state index in [4.69, 9.17) is 28.9 Å². The molecular formula is C22H15Cl2N7O3S. The van der Waals surface area contributed by atoms with Crippen LogP contribution in [0, 0.1) is 10.1 Å². The molecule has 0 saturated heterocycles. The van der Waals surface area contributed by atoms with Crippen molar-refractivity contribution < 1.29 is 9.72 Å². The van der Waals surface area contributed by atoms with E-state index in [1.807, 2.05) is 0 Å². The molecule has 0 atom stereocenters. The fourth-order valence-corrected chi connectivity index (χ4v) is 4.26. The number of halogens is 2. The molecule has 0 saturated carbocycles. The zero-order chi connectivity index (χ0) is 24.9. The van der Waals surface area contributed by atoms with Crippen LogP contribution in [-0.4, -0.2) is 32.2 Å². The van der Waals surface area contributed by atoms with Crippen molar-refractivity contribution in [2.24, 2.45) is 5.10 Å². The molecule has 0 aliphatic rings. The number of aromatic amines is 1. The first kappa shape index (κ1) is 24.2. The van der Waals surface area contributed by atoms with Gasteiger partial charge in [0.2, 0.25) is 5.16 Å². The van der Waals surface area contributed by atoms with E-state index >= 15 is 0 Å². The van der Waals surface area contributed by atoms with Gasteiger partial charge in [-0.3, -0.25) is 20.0 Å². The van der Waals surface area contributed by atoms with Crippen LogP contribution in [-0.2, 0) is 0 Å². The van der Waals surface area contributed by atoms with Crippen LogP contribution in [0.25, 0.3) is 11.4 Å². The Kier molecular flexibility index (Phi) is 7.30. The number of H-pyrrole nitrogens is 1. The van der Waals surface area contributed by atoms with Gasteiger partial charge in [-0.2, -0.15) is 5.10 Å². The number of nitrogen functional groups attached to an aromatic ring is 1. The maximum absolute atomic E-state index is 12.2. The molecule has 0 bridgehead atoms. The van der Waals surface area contributed by atoms with Gasteiger partial charge in [-0.1, -0.05) is 41.4 Å². The van der Waals surface area contributed by atoms with Crippen LogP contribution in [0.4, 0.5) is 11.4 Å². The van der Waals surface area contributed by atoms with Gasteiger partial charge in [0.25, 0.3) is 11.6 Å². The van der Waals surface area contributed by atoms with Crippen molar-refractivity contribution in [2.75, 3.05) is 5.73 Å². The molecule has 176 valence electrons. The van der Waals surface area contributed by atoms with Gasteiger partial charge in [0.05, 0.1) is 26.6 Å². The third-order valence-corrected chi connectivity index (χ3v) is 6.10. The first-order valence-electron chi connectivity index (χ1n) is 9.84. The standard InChI is InChI=1S/C22H15Cl2N7O3S/c23-13-6-7-14(16(24)10-13)20-27-22(30-28-20)35-19-8-5-12(9-18(19)31(33)34)11-26-29-21(32)15-3-1-2-4-17(15)25/h1-11H,25H2,(H,29,32)(H,27,28,30)/b26-11-. The molecule has 10 nitrogen and oxygen atoms in total. The van der Waals surface area contributed by atoms with Crippen molar-refractivity contribution in [1.82, 2.24) is 20.6 Å². The molecule has 0 aliphatic heterocycles. The molecule has 0 radical (unpaired) electrons. The fourth-order valence-electron chi connectivity index (χ4n) is 2.97. The lowest BCUT2D eigenvalue weighted by Gasteiger charge is -2.03. The van der Waals surface area contributed by atoms with E-state index in [2.05, 4.69) is 25.7 Å². The van der Waals surface area contributed by atoms with Crippen LogP contribution in [0.2, 0.25) is 10.0 Å². The van der Waals surface area contributed by atoms with Crippen molar-refractivity contribution in [3.63, 3.8) is 0 Å². The minimum Gasteiger partial charge on any atom is -0.398 e. The Hall–Kier alpha value is -3.93. The summed E-state index contributed by atoms with van der Waals surface area (Å²) in [5.41, 5.74) is 9.53. The first-order chi connectivity index (χ1) is 16.8. The number of hydrazone groups is 1. The zero-order valence-electron chi connectivity index (χ0n) is 17.6. The molecule has 1 amide bonds. The molecular weight excluding hydrogens is 513 g/mol. The van der Waals surface area contributed by atoms with E-state index in [0.717, 1.165) is 11.8 Å². The van der Waals surface area contributed by atoms with E-state index in [1.165, 1.54) is 12.3 Å². The SMILES string of the molecule is Nc1ccccc1C(=O)N/N=C\c1ccc(Sc2n[nH]c(-c3ccc(Cl)cc3Cl)n2)c([N+](=O)[O-])c1. The number of benzene rings is 3. The Labute approximate surface area is 212 Å². The molecule has 3 aromatic carbocycles. The summed E-state index contributed by atoms with van der Waals surface area (Å²) < 4.78 is 0. The topological polar surface area (TPSA) is 152 Å². The summed E-state index contributed by atoms with van der Waals surface area (Å²) in [5.74, 6) is -0.0994. The zero-order valence-corrected chi connectivity index (χ0v) is 19.9. The van der Waals surface area contributed by atoms with Gasteiger partial charge in [0.1, 0.15) is 0 Å². The number of nitro groups is 1. The van der Waals surface area contributed by atoms with Gasteiger partial charge in [0, 0.05) is 27.9 Å². The molecule has 1 heterocycles. The molecule has 1 aromatic heterocycles. The molecule has 0 fully saturated rings. The number of para-hydroxylation sites is 1. The number of nitrogens with zero attached hydrogens (tertiary/aromatic N) is 4. The number of rotatable bonds is 7. The Balaban J connectivity index is 1.50. The highest BCUT2D eigenvalue weighted by molar-refractivity contribution is 7.99. The van der Waals surface area contributed by atoms with E-state index < -0.39 is 10.8 Å². The smallest absolute Gasteiger partial charge is 0.283 e. The van der Waals surface area contributed by atoms with E-state index in [9.17, 15) is 14.9 Å². The van der Waals surface area contributed by atoms with Gasteiger partial charge in [-0.15, -0.1) is 5.10 Å². The average Bonchev–Trinajstić information content (AvgIpc) is 3.28. The van der Waals surface area contributed by atoms with Gasteiger partial charge >= 0.3 is 0 Å². The second kappa shape index (κ2) is 10.6. The summed E-state index contributed by atoms with van der Waals surface area (Å²) >= 11 is 13.1. The number of hydrogen-bond donors (Lipinski definition) is 3. The Morgan fingerprint density at radius 3 is 2.71 bits per heavy atom. The molecule has 4 aromatic rings. The predicted molar refractivity (Wildman–Crippen MR) is 135 cm³/mol. The lowest BCUT2D eigenvalue weighted by atomic mass is 10.2. The van der Waals surface area contributed by atoms with Gasteiger partial charge in [-0.05, 0) is 48.2 Å². The fraction of sp³-hybridized carbons (Fsp3) is 0. The average molecular weight is 528 g/mol. The lowest BCUT2D eigenvalue weighted by molar-refractivity contribution is -0.387. The van der Waals surface area contributed by atoms with E-state index in [1.54, 1.807) is 54.6 Å². The number of nitrogens with one attached hydrogen (secondary N) is 2. The molecule has 4 rings (SSSR count). The van der Waals surface area contributed by atoms with Crippen molar-refractivity contribution in [2.45, 2.75) is 10.1 Å². The summed E-state index contributed by atoms with van der Waals surface area (Å²) in [5, 5.41) is 23.5. The van der Waals surface area contributed by atoms with Crippen molar-refractivity contribution >= 4 is 58.5 Å². The quantitative estimate of drug-likeness (QED) is 0.129. The van der Waals surface area contributed by atoms with Gasteiger partial charge in [0.15, 0.2) is 5.82 Å². The maximum atomic E-state index is 12.2. The third-order valence-electron chi connectivity index (χ3n) is 4.62. The van der Waals surface area contributed by atoms with Crippen molar-refractivity contribution in [3.8, 4) is 11.4 Å². The number of amides is 1. The third kappa shape index (κ3) is 5.77. The summed E-state index contributed by atoms with van der Waals surface area (Å²) in [6.07, 6.45) is 1.30. The lowest BCUT2D eigenvalue weighted by Crippen LogP contribution is -2.19. The minimum absolute atomic E-state index is 0.173. The Bertz CT molecular complexity index is 1460. The van der Waals surface area contributed by atoms with Gasteiger partial charge in [-0.25, -0.2) is 10.4 Å². The second-order valence-electron chi connectivity index (χ2n) is 6.96. The summed E-state index contributed by atoms with van der Waals surface area (Å²) in [7, 11) is 0. The highest BCUT2D eigenvalue weighted by Gasteiger charge is 2.18. The van der Waals surface area contributed by atoms with Crippen LogP contribution in [0.3, 0.4) is 0 Å². The predicted octanol–water partition coefficient (Wildman–Crippen LogP) is 5.18. The van der Waals surface area contributed by atoms with Gasteiger partial charge < -0.3 is 5.73 Å². The number of carbonyl (C=O) groups excluding carboxylic acids is 1. The number of aromatic nitrogens is 3. The molecule has 0 unspecified atom stereocenters.